The maximum absolute atomic E-state index is 12.4. The minimum Gasteiger partial charge on any atom is -0.447 e. The molecule has 0 spiro atoms. The Balaban J connectivity index is 1.98. The number of unbranched alkanes of at least 4 members (excludes halogenated alkanes) is 15. The SMILES string of the molecule is CCCCCCCCCCCCCCCCCCNC(=O)OCC(COC(=O)NCCNC(=O)c1ccc[n+](CC)c1Cl)OC. The van der Waals surface area contributed by atoms with Gasteiger partial charge >= 0.3 is 12.2 Å². The first-order valence-electron chi connectivity index (χ1n) is 17.2. The molecule has 0 aliphatic rings. The second kappa shape index (κ2) is 27.7. The molecule has 11 heteroatoms. The molecule has 258 valence electrons. The van der Waals surface area contributed by atoms with Crippen LogP contribution in [0.15, 0.2) is 18.3 Å². The fourth-order valence-electron chi connectivity index (χ4n) is 4.87. The average Bonchev–Trinajstić information content (AvgIpc) is 3.04. The first-order chi connectivity index (χ1) is 21.9. The Bertz CT molecular complexity index is 936. The van der Waals surface area contributed by atoms with Gasteiger partial charge in [0.1, 0.15) is 31.4 Å². The van der Waals surface area contributed by atoms with Crippen molar-refractivity contribution in [3.05, 3.63) is 29.0 Å². The smallest absolute Gasteiger partial charge is 0.407 e. The Morgan fingerprint density at radius 2 is 1.18 bits per heavy atom. The summed E-state index contributed by atoms with van der Waals surface area (Å²) in [5.41, 5.74) is 0.362. The monoisotopic (exact) mass is 655 g/mol. The number of halogens is 1. The molecular weight excluding hydrogens is 596 g/mol. The maximum atomic E-state index is 12.4. The van der Waals surface area contributed by atoms with Crippen molar-refractivity contribution in [3.8, 4) is 0 Å². The second-order valence-corrected chi connectivity index (χ2v) is 11.8. The summed E-state index contributed by atoms with van der Waals surface area (Å²) in [5, 5.41) is 8.38. The number of pyridine rings is 1. The van der Waals surface area contributed by atoms with Crippen LogP contribution < -0.4 is 20.5 Å². The number of rotatable bonds is 27. The number of amides is 3. The predicted octanol–water partition coefficient (Wildman–Crippen LogP) is 7.11. The van der Waals surface area contributed by atoms with Crippen molar-refractivity contribution in [2.24, 2.45) is 0 Å². The van der Waals surface area contributed by atoms with Gasteiger partial charge in [-0.25, -0.2) is 9.59 Å². The third-order valence-corrected chi connectivity index (χ3v) is 8.12. The molecule has 10 nitrogen and oxygen atoms in total. The van der Waals surface area contributed by atoms with Crippen molar-refractivity contribution in [1.29, 1.82) is 0 Å². The summed E-state index contributed by atoms with van der Waals surface area (Å²) in [6, 6.07) is 3.39. The largest absolute Gasteiger partial charge is 0.447 e. The molecule has 3 amide bonds. The lowest BCUT2D eigenvalue weighted by atomic mass is 10.0. The van der Waals surface area contributed by atoms with Gasteiger partial charge in [0.2, 0.25) is 0 Å². The molecule has 0 aliphatic carbocycles. The Morgan fingerprint density at radius 3 is 1.67 bits per heavy atom. The fourth-order valence-corrected chi connectivity index (χ4v) is 5.19. The molecule has 0 saturated heterocycles. The topological polar surface area (TPSA) is 119 Å². The second-order valence-electron chi connectivity index (χ2n) is 11.5. The summed E-state index contributed by atoms with van der Waals surface area (Å²) in [5.74, 6) is -0.331. The molecule has 1 rings (SSSR count). The number of carbonyl (C=O) groups is 3. The van der Waals surface area contributed by atoms with Gasteiger partial charge in [0.15, 0.2) is 6.20 Å². The fraction of sp³-hybridized carbons (Fsp3) is 0.765. The first-order valence-corrected chi connectivity index (χ1v) is 17.6. The van der Waals surface area contributed by atoms with Crippen molar-refractivity contribution < 1.29 is 33.2 Å². The zero-order valence-electron chi connectivity index (χ0n) is 28.1. The van der Waals surface area contributed by atoms with Crippen LogP contribution >= 0.6 is 11.6 Å². The number of aryl methyl sites for hydroxylation is 1. The lowest BCUT2D eigenvalue weighted by Crippen LogP contribution is -2.39. The van der Waals surface area contributed by atoms with Gasteiger partial charge in [-0.3, -0.25) is 4.79 Å². The van der Waals surface area contributed by atoms with Gasteiger partial charge in [-0.05, 0) is 31.0 Å². The Labute approximate surface area is 276 Å². The van der Waals surface area contributed by atoms with Crippen LogP contribution in [0.25, 0.3) is 0 Å². The molecule has 0 aliphatic heterocycles. The number of carbonyl (C=O) groups excluding carboxylic acids is 3. The zero-order valence-corrected chi connectivity index (χ0v) is 28.9. The van der Waals surface area contributed by atoms with Crippen LogP contribution in [0.3, 0.4) is 0 Å². The van der Waals surface area contributed by atoms with E-state index < -0.39 is 18.3 Å². The van der Waals surface area contributed by atoms with Crippen LogP contribution in [0.4, 0.5) is 9.59 Å². The highest BCUT2D eigenvalue weighted by Crippen LogP contribution is 2.14. The molecule has 1 heterocycles. The van der Waals surface area contributed by atoms with Gasteiger partial charge in [-0.1, -0.05) is 103 Å². The van der Waals surface area contributed by atoms with E-state index in [0.29, 0.717) is 23.8 Å². The van der Waals surface area contributed by atoms with Gasteiger partial charge in [-0.15, -0.1) is 0 Å². The summed E-state index contributed by atoms with van der Waals surface area (Å²) >= 11 is 6.25. The molecule has 1 unspecified atom stereocenters. The van der Waals surface area contributed by atoms with Gasteiger partial charge < -0.3 is 30.2 Å². The van der Waals surface area contributed by atoms with Crippen molar-refractivity contribution >= 4 is 29.7 Å². The normalized spacial score (nSPS) is 11.6. The molecule has 0 bridgehead atoms. The highest BCUT2D eigenvalue weighted by Gasteiger charge is 2.18. The van der Waals surface area contributed by atoms with Crippen LogP contribution in [0.1, 0.15) is 127 Å². The van der Waals surface area contributed by atoms with Crippen LogP contribution in [0.5, 0.6) is 0 Å². The third kappa shape index (κ3) is 20.9. The van der Waals surface area contributed by atoms with E-state index in [1.165, 1.54) is 97.0 Å². The number of hydrogen-bond acceptors (Lipinski definition) is 6. The predicted molar refractivity (Wildman–Crippen MR) is 179 cm³/mol. The van der Waals surface area contributed by atoms with E-state index in [-0.39, 0.29) is 32.2 Å². The molecular formula is C34H60ClN4O6+. The Hall–Kier alpha value is -2.59. The van der Waals surface area contributed by atoms with E-state index in [2.05, 4.69) is 22.9 Å². The van der Waals surface area contributed by atoms with E-state index in [1.807, 2.05) is 6.92 Å². The highest BCUT2D eigenvalue weighted by atomic mass is 35.5. The third-order valence-electron chi connectivity index (χ3n) is 7.70. The lowest BCUT2D eigenvalue weighted by Gasteiger charge is -2.16. The van der Waals surface area contributed by atoms with Crippen molar-refractivity contribution in [2.75, 3.05) is 40.0 Å². The summed E-state index contributed by atoms with van der Waals surface area (Å²) in [4.78, 5) is 36.3. The number of aromatic nitrogens is 1. The van der Waals surface area contributed by atoms with E-state index in [1.54, 1.807) is 22.9 Å². The van der Waals surface area contributed by atoms with Crippen molar-refractivity contribution in [2.45, 2.75) is 129 Å². The maximum Gasteiger partial charge on any atom is 0.407 e. The minimum absolute atomic E-state index is 0.0414. The van der Waals surface area contributed by atoms with Gasteiger partial charge in [0.05, 0.1) is 0 Å². The number of nitrogens with one attached hydrogen (secondary N) is 3. The van der Waals surface area contributed by atoms with E-state index in [4.69, 9.17) is 25.8 Å². The molecule has 1 aromatic heterocycles. The lowest BCUT2D eigenvalue weighted by molar-refractivity contribution is -0.691. The van der Waals surface area contributed by atoms with Crippen molar-refractivity contribution in [1.82, 2.24) is 16.0 Å². The van der Waals surface area contributed by atoms with Crippen LogP contribution in [-0.2, 0) is 20.8 Å². The summed E-state index contributed by atoms with van der Waals surface area (Å²) in [6.07, 6.45) is 20.9. The summed E-state index contributed by atoms with van der Waals surface area (Å²) < 4.78 is 17.3. The van der Waals surface area contributed by atoms with E-state index in [0.717, 1.165) is 12.8 Å². The van der Waals surface area contributed by atoms with Gasteiger partial charge in [0, 0.05) is 32.8 Å². The van der Waals surface area contributed by atoms with Crippen LogP contribution in [-0.4, -0.2) is 64.2 Å². The van der Waals surface area contributed by atoms with Gasteiger partial charge in [0.25, 0.3) is 11.1 Å². The zero-order chi connectivity index (χ0) is 33.0. The number of methoxy groups -OCH3 is 1. The Kier molecular flexibility index (Phi) is 24.9. The van der Waals surface area contributed by atoms with Crippen LogP contribution in [0.2, 0.25) is 5.15 Å². The number of nitrogens with zero attached hydrogens (tertiary/aromatic N) is 1. The first kappa shape index (κ1) is 40.4. The van der Waals surface area contributed by atoms with E-state index in [9.17, 15) is 14.4 Å². The minimum atomic E-state index is -0.666. The van der Waals surface area contributed by atoms with Crippen LogP contribution in [0, 0.1) is 0 Å². The molecule has 45 heavy (non-hydrogen) atoms. The molecule has 3 N–H and O–H groups in total. The molecule has 0 radical (unpaired) electrons. The standard InChI is InChI=1S/C34H59ClN4O6/c1-4-6-7-8-9-10-11-12-13-14-15-16-17-18-19-20-23-37-33(41)44-27-29(43-3)28-45-34(42)38-25-24-36-32(40)30-22-21-26-39(5-2)31(30)35/h21-22,26,29H,4-20,23-25,27-28H2,1-3H3,(H2-,36,37,38,40,41,42)/p+1. The molecule has 1 atom stereocenters. The molecule has 1 aromatic rings. The number of hydrogen-bond donors (Lipinski definition) is 3. The highest BCUT2D eigenvalue weighted by molar-refractivity contribution is 6.31. The average molecular weight is 656 g/mol. The van der Waals surface area contributed by atoms with Gasteiger partial charge in [-0.2, -0.15) is 4.57 Å². The molecule has 0 saturated carbocycles. The summed E-state index contributed by atoms with van der Waals surface area (Å²) in [7, 11) is 1.45. The van der Waals surface area contributed by atoms with Crippen molar-refractivity contribution in [3.63, 3.8) is 0 Å². The van der Waals surface area contributed by atoms with E-state index >= 15 is 0 Å². The quantitative estimate of drug-likeness (QED) is 0.0528. The Morgan fingerprint density at radius 1 is 0.711 bits per heavy atom. The summed E-state index contributed by atoms with van der Waals surface area (Å²) in [6.45, 7) is 5.65. The molecule has 0 fully saturated rings. The number of alkyl carbamates (subject to hydrolysis) is 2. The number of ether oxygens (including phenoxy) is 3. The molecule has 0 aromatic carbocycles.